The summed E-state index contributed by atoms with van der Waals surface area (Å²) in [5.41, 5.74) is 1.96. The standard InChI is InChI=1S/C21H19BrN2O3/c22-15-9-7-14(8-10-15)18-6-3-12-23(18)19(25)11-13-24-20(26)16-4-1-2-5-17(16)21(24)27/h1-2,4-5,7-10,18H,3,6,11-13H2. The highest BCUT2D eigenvalue weighted by Crippen LogP contribution is 2.33. The third-order valence-electron chi connectivity index (χ3n) is 5.26. The van der Waals surface area contributed by atoms with Gasteiger partial charge in [-0.05, 0) is 42.7 Å². The monoisotopic (exact) mass is 426 g/mol. The molecular weight excluding hydrogens is 408 g/mol. The average molecular weight is 427 g/mol. The van der Waals surface area contributed by atoms with E-state index in [0.717, 1.165) is 22.9 Å². The first-order valence-electron chi connectivity index (χ1n) is 9.06. The number of fused-ring (bicyclic) bond motifs is 1. The highest BCUT2D eigenvalue weighted by Gasteiger charge is 2.36. The molecule has 0 aromatic heterocycles. The fourth-order valence-corrected chi connectivity index (χ4v) is 4.15. The van der Waals surface area contributed by atoms with E-state index in [1.807, 2.05) is 29.2 Å². The van der Waals surface area contributed by atoms with Crippen molar-refractivity contribution in [1.29, 1.82) is 0 Å². The van der Waals surface area contributed by atoms with E-state index in [1.54, 1.807) is 24.3 Å². The Bertz CT molecular complexity index is 875. The number of likely N-dealkylation sites (tertiary alicyclic amines) is 1. The summed E-state index contributed by atoms with van der Waals surface area (Å²) in [6.07, 6.45) is 2.04. The summed E-state index contributed by atoms with van der Waals surface area (Å²) in [6.45, 7) is 0.830. The van der Waals surface area contributed by atoms with Gasteiger partial charge in [0.15, 0.2) is 0 Å². The molecule has 4 rings (SSSR count). The van der Waals surface area contributed by atoms with E-state index < -0.39 is 0 Å². The lowest BCUT2D eigenvalue weighted by molar-refractivity contribution is -0.132. The molecule has 2 aliphatic rings. The van der Waals surface area contributed by atoms with Crippen LogP contribution >= 0.6 is 15.9 Å². The molecule has 0 aliphatic carbocycles. The van der Waals surface area contributed by atoms with Crippen LogP contribution in [0, 0.1) is 0 Å². The van der Waals surface area contributed by atoms with Gasteiger partial charge in [0, 0.05) is 24.0 Å². The smallest absolute Gasteiger partial charge is 0.261 e. The second-order valence-electron chi connectivity index (χ2n) is 6.85. The molecule has 2 aromatic carbocycles. The van der Waals surface area contributed by atoms with E-state index in [1.165, 1.54) is 4.90 Å². The lowest BCUT2D eigenvalue weighted by Gasteiger charge is -2.26. The topological polar surface area (TPSA) is 57.7 Å². The molecule has 1 fully saturated rings. The Morgan fingerprint density at radius 3 is 2.26 bits per heavy atom. The zero-order valence-corrected chi connectivity index (χ0v) is 16.3. The number of carbonyl (C=O) groups excluding carboxylic acids is 3. The van der Waals surface area contributed by atoms with Gasteiger partial charge in [-0.3, -0.25) is 19.3 Å². The Balaban J connectivity index is 1.43. The SMILES string of the molecule is O=C1c2ccccc2C(=O)N1CCC(=O)N1CCCC1c1ccc(Br)cc1. The Morgan fingerprint density at radius 2 is 1.63 bits per heavy atom. The first kappa shape index (κ1) is 17.9. The number of hydrogen-bond acceptors (Lipinski definition) is 3. The van der Waals surface area contributed by atoms with Crippen LogP contribution in [0.4, 0.5) is 0 Å². The minimum atomic E-state index is -0.311. The van der Waals surface area contributed by atoms with Gasteiger partial charge in [0.05, 0.1) is 17.2 Å². The summed E-state index contributed by atoms with van der Waals surface area (Å²) in [5, 5.41) is 0. The highest BCUT2D eigenvalue weighted by atomic mass is 79.9. The van der Waals surface area contributed by atoms with Crippen molar-refractivity contribution in [3.63, 3.8) is 0 Å². The van der Waals surface area contributed by atoms with Crippen LogP contribution in [0.3, 0.4) is 0 Å². The quantitative estimate of drug-likeness (QED) is 0.698. The lowest BCUT2D eigenvalue weighted by Crippen LogP contribution is -2.36. The summed E-state index contributed by atoms with van der Waals surface area (Å²) in [6, 6.07) is 14.9. The Labute approximate surface area is 166 Å². The zero-order valence-electron chi connectivity index (χ0n) is 14.7. The summed E-state index contributed by atoms with van der Waals surface area (Å²) >= 11 is 3.43. The number of hydrogen-bond donors (Lipinski definition) is 0. The number of amides is 3. The van der Waals surface area contributed by atoms with Gasteiger partial charge in [-0.15, -0.1) is 0 Å². The number of benzene rings is 2. The Hall–Kier alpha value is -2.47. The van der Waals surface area contributed by atoms with Crippen LogP contribution in [0.1, 0.15) is 51.6 Å². The molecular formula is C21H19BrN2O3. The van der Waals surface area contributed by atoms with Crippen LogP contribution in [0.5, 0.6) is 0 Å². The Kier molecular flexibility index (Phi) is 4.83. The molecule has 0 bridgehead atoms. The van der Waals surface area contributed by atoms with Crippen molar-refractivity contribution in [2.45, 2.75) is 25.3 Å². The summed E-state index contributed by atoms with van der Waals surface area (Å²) < 4.78 is 1.01. The van der Waals surface area contributed by atoms with Crippen molar-refractivity contribution in [2.24, 2.45) is 0 Å². The molecule has 0 N–H and O–H groups in total. The second-order valence-corrected chi connectivity index (χ2v) is 7.77. The fourth-order valence-electron chi connectivity index (χ4n) is 3.89. The molecule has 2 aliphatic heterocycles. The minimum Gasteiger partial charge on any atom is -0.336 e. The van der Waals surface area contributed by atoms with Crippen molar-refractivity contribution in [3.8, 4) is 0 Å². The van der Waals surface area contributed by atoms with Crippen LogP contribution in [0.2, 0.25) is 0 Å². The predicted molar refractivity (Wildman–Crippen MR) is 104 cm³/mol. The summed E-state index contributed by atoms with van der Waals surface area (Å²) in [7, 11) is 0. The van der Waals surface area contributed by atoms with Crippen molar-refractivity contribution >= 4 is 33.7 Å². The molecule has 1 saturated heterocycles. The third kappa shape index (κ3) is 3.30. The number of halogens is 1. The molecule has 5 nitrogen and oxygen atoms in total. The molecule has 1 atom stereocenters. The van der Waals surface area contributed by atoms with E-state index >= 15 is 0 Å². The van der Waals surface area contributed by atoms with Crippen molar-refractivity contribution in [1.82, 2.24) is 9.80 Å². The van der Waals surface area contributed by atoms with Crippen LogP contribution in [0.15, 0.2) is 53.0 Å². The average Bonchev–Trinajstić information content (AvgIpc) is 3.26. The number of nitrogens with zero attached hydrogens (tertiary/aromatic N) is 2. The normalized spacial score (nSPS) is 18.9. The van der Waals surface area contributed by atoms with Crippen LogP contribution in [-0.2, 0) is 4.79 Å². The zero-order chi connectivity index (χ0) is 19.0. The molecule has 0 radical (unpaired) electrons. The first-order valence-corrected chi connectivity index (χ1v) is 9.86. The second kappa shape index (κ2) is 7.27. The van der Waals surface area contributed by atoms with E-state index in [9.17, 15) is 14.4 Å². The van der Waals surface area contributed by atoms with Crippen molar-refractivity contribution in [2.75, 3.05) is 13.1 Å². The van der Waals surface area contributed by atoms with E-state index in [-0.39, 0.29) is 36.7 Å². The van der Waals surface area contributed by atoms with E-state index in [4.69, 9.17) is 0 Å². The van der Waals surface area contributed by atoms with Gasteiger partial charge in [0.25, 0.3) is 11.8 Å². The van der Waals surface area contributed by atoms with Crippen molar-refractivity contribution in [3.05, 3.63) is 69.7 Å². The van der Waals surface area contributed by atoms with Gasteiger partial charge < -0.3 is 4.90 Å². The van der Waals surface area contributed by atoms with Crippen molar-refractivity contribution < 1.29 is 14.4 Å². The van der Waals surface area contributed by atoms with Crippen LogP contribution < -0.4 is 0 Å². The molecule has 0 spiro atoms. The van der Waals surface area contributed by atoms with Gasteiger partial charge in [0.1, 0.15) is 0 Å². The van der Waals surface area contributed by atoms with Gasteiger partial charge in [-0.2, -0.15) is 0 Å². The minimum absolute atomic E-state index is 0.0167. The van der Waals surface area contributed by atoms with E-state index in [2.05, 4.69) is 15.9 Å². The number of imide groups is 1. The largest absolute Gasteiger partial charge is 0.336 e. The van der Waals surface area contributed by atoms with Gasteiger partial charge in [-0.1, -0.05) is 40.2 Å². The Morgan fingerprint density at radius 1 is 1.00 bits per heavy atom. The molecule has 138 valence electrons. The third-order valence-corrected chi connectivity index (χ3v) is 5.78. The molecule has 2 aromatic rings. The molecule has 2 heterocycles. The number of rotatable bonds is 4. The molecule has 0 saturated carbocycles. The predicted octanol–water partition coefficient (Wildman–Crippen LogP) is 3.80. The highest BCUT2D eigenvalue weighted by molar-refractivity contribution is 9.10. The number of carbonyl (C=O) groups is 3. The fraction of sp³-hybridized carbons (Fsp3) is 0.286. The van der Waals surface area contributed by atoms with E-state index in [0.29, 0.717) is 17.7 Å². The van der Waals surface area contributed by atoms with Crippen LogP contribution in [-0.4, -0.2) is 40.6 Å². The van der Waals surface area contributed by atoms with Gasteiger partial charge in [0.2, 0.25) is 5.91 Å². The summed E-state index contributed by atoms with van der Waals surface area (Å²) in [4.78, 5) is 40.7. The molecule has 1 unspecified atom stereocenters. The lowest BCUT2D eigenvalue weighted by atomic mass is 10.0. The maximum Gasteiger partial charge on any atom is 0.261 e. The molecule has 6 heteroatoms. The summed E-state index contributed by atoms with van der Waals surface area (Å²) in [5.74, 6) is -0.638. The molecule has 27 heavy (non-hydrogen) atoms. The maximum atomic E-state index is 12.8. The molecule has 3 amide bonds. The van der Waals surface area contributed by atoms with Crippen LogP contribution in [0.25, 0.3) is 0 Å². The maximum absolute atomic E-state index is 12.8. The van der Waals surface area contributed by atoms with Gasteiger partial charge in [-0.25, -0.2) is 0 Å². The first-order chi connectivity index (χ1) is 13.1. The van der Waals surface area contributed by atoms with Gasteiger partial charge >= 0.3 is 0 Å².